The maximum atomic E-state index is 6.94. The summed E-state index contributed by atoms with van der Waals surface area (Å²) < 4.78 is 13.3. The second-order valence-corrected chi connectivity index (χ2v) is 10.1. The smallest absolute Gasteiger partial charge is 0.143 e. The van der Waals surface area contributed by atoms with Crippen molar-refractivity contribution >= 4 is 32.7 Å². The Kier molecular flexibility index (Phi) is 5.17. The highest BCUT2D eigenvalue weighted by Gasteiger charge is 2.22. The molecule has 0 saturated heterocycles. The molecule has 8 rings (SSSR count). The van der Waals surface area contributed by atoms with Crippen LogP contribution in [0.2, 0.25) is 0 Å². The van der Waals surface area contributed by atoms with E-state index in [1.807, 2.05) is 18.2 Å². The van der Waals surface area contributed by atoms with Crippen molar-refractivity contribution < 1.29 is 8.83 Å². The van der Waals surface area contributed by atoms with E-state index in [1.165, 1.54) is 0 Å². The molecular formula is C38H24O2. The summed E-state index contributed by atoms with van der Waals surface area (Å²) in [5.41, 5.74) is 8.37. The summed E-state index contributed by atoms with van der Waals surface area (Å²) in [7, 11) is 0. The molecule has 0 amide bonds. The van der Waals surface area contributed by atoms with E-state index >= 15 is 0 Å². The molecule has 8 aromatic rings. The van der Waals surface area contributed by atoms with Crippen molar-refractivity contribution in [2.75, 3.05) is 0 Å². The van der Waals surface area contributed by atoms with Crippen molar-refractivity contribution in [2.45, 2.75) is 0 Å². The van der Waals surface area contributed by atoms with Crippen molar-refractivity contribution in [2.24, 2.45) is 0 Å². The van der Waals surface area contributed by atoms with Gasteiger partial charge in [-0.2, -0.15) is 0 Å². The van der Waals surface area contributed by atoms with E-state index in [4.69, 9.17) is 8.83 Å². The minimum Gasteiger partial charge on any atom is -0.456 e. The third-order valence-corrected chi connectivity index (χ3v) is 7.72. The van der Waals surface area contributed by atoms with Crippen LogP contribution in [0.3, 0.4) is 0 Å². The monoisotopic (exact) mass is 512 g/mol. The Morgan fingerprint density at radius 1 is 0.300 bits per heavy atom. The fourth-order valence-electron chi connectivity index (χ4n) is 5.86. The molecule has 0 N–H and O–H groups in total. The normalized spacial score (nSPS) is 11.5. The van der Waals surface area contributed by atoms with Crippen LogP contribution in [0, 0.1) is 0 Å². The van der Waals surface area contributed by atoms with Gasteiger partial charge < -0.3 is 8.83 Å². The first-order valence-electron chi connectivity index (χ1n) is 13.5. The van der Waals surface area contributed by atoms with E-state index in [9.17, 15) is 0 Å². The fourth-order valence-corrected chi connectivity index (χ4v) is 5.86. The standard InChI is InChI=1S/C38H24O2/c1-3-13-25(14-4-1)27-17-7-8-19-29(27)37-30-20-9-10-21-31(30)38(40-37)34-24-36-33(28-18-11-12-22-35(28)39-36)23-32(34)26-15-5-2-6-16-26/h1-24H. The summed E-state index contributed by atoms with van der Waals surface area (Å²) >= 11 is 0. The van der Waals surface area contributed by atoms with Crippen LogP contribution in [0.1, 0.15) is 0 Å². The number of fused-ring (bicyclic) bond motifs is 4. The minimum absolute atomic E-state index is 0.842. The summed E-state index contributed by atoms with van der Waals surface area (Å²) in [4.78, 5) is 0. The highest BCUT2D eigenvalue weighted by Crippen LogP contribution is 2.46. The Hall–Kier alpha value is -5.34. The Bertz CT molecular complexity index is 2150. The predicted molar refractivity (Wildman–Crippen MR) is 165 cm³/mol. The van der Waals surface area contributed by atoms with Crippen LogP contribution in [0.5, 0.6) is 0 Å². The largest absolute Gasteiger partial charge is 0.456 e. The van der Waals surface area contributed by atoms with Gasteiger partial charge in [0.05, 0.1) is 0 Å². The third-order valence-electron chi connectivity index (χ3n) is 7.72. The second kappa shape index (κ2) is 9.14. The zero-order valence-corrected chi connectivity index (χ0v) is 21.7. The molecule has 0 bridgehead atoms. The van der Waals surface area contributed by atoms with Crippen molar-refractivity contribution in [1.82, 2.24) is 0 Å². The molecule has 0 atom stereocenters. The van der Waals surface area contributed by atoms with Crippen molar-refractivity contribution in [3.8, 4) is 44.9 Å². The summed E-state index contributed by atoms with van der Waals surface area (Å²) in [6.07, 6.45) is 0. The van der Waals surface area contributed by atoms with Gasteiger partial charge in [0.2, 0.25) is 0 Å². The van der Waals surface area contributed by atoms with Gasteiger partial charge in [-0.15, -0.1) is 0 Å². The molecule has 0 fully saturated rings. The molecule has 40 heavy (non-hydrogen) atoms. The molecule has 0 saturated carbocycles. The lowest BCUT2D eigenvalue weighted by Crippen LogP contribution is -1.85. The molecule has 2 aromatic heterocycles. The first-order valence-corrected chi connectivity index (χ1v) is 13.5. The van der Waals surface area contributed by atoms with Gasteiger partial charge in [-0.05, 0) is 40.5 Å². The third kappa shape index (κ3) is 3.58. The van der Waals surface area contributed by atoms with Gasteiger partial charge in [-0.3, -0.25) is 0 Å². The predicted octanol–water partition coefficient (Wildman–Crippen LogP) is 11.0. The number of hydrogen-bond acceptors (Lipinski definition) is 2. The second-order valence-electron chi connectivity index (χ2n) is 10.1. The molecular weight excluding hydrogens is 488 g/mol. The van der Waals surface area contributed by atoms with Gasteiger partial charge in [0.15, 0.2) is 0 Å². The maximum Gasteiger partial charge on any atom is 0.143 e. The Labute approximate surface area is 231 Å². The van der Waals surface area contributed by atoms with E-state index < -0.39 is 0 Å². The van der Waals surface area contributed by atoms with Crippen LogP contribution in [-0.2, 0) is 0 Å². The number of rotatable bonds is 4. The van der Waals surface area contributed by atoms with Crippen LogP contribution in [0.15, 0.2) is 154 Å². The van der Waals surface area contributed by atoms with Gasteiger partial charge in [-0.1, -0.05) is 127 Å². The number of benzene rings is 6. The molecule has 6 aromatic carbocycles. The molecule has 0 aliphatic heterocycles. The molecule has 2 heterocycles. The van der Waals surface area contributed by atoms with Crippen molar-refractivity contribution in [3.05, 3.63) is 146 Å². The lowest BCUT2D eigenvalue weighted by atomic mass is 9.94. The minimum atomic E-state index is 0.842. The quantitative estimate of drug-likeness (QED) is 0.234. The average molecular weight is 513 g/mol. The Morgan fingerprint density at radius 2 is 0.825 bits per heavy atom. The lowest BCUT2D eigenvalue weighted by molar-refractivity contribution is 0.602. The highest BCUT2D eigenvalue weighted by molar-refractivity contribution is 6.11. The maximum absolute atomic E-state index is 6.94. The van der Waals surface area contributed by atoms with Gasteiger partial charge >= 0.3 is 0 Å². The molecule has 0 unspecified atom stereocenters. The number of hydrogen-bond donors (Lipinski definition) is 0. The van der Waals surface area contributed by atoms with E-state index in [0.29, 0.717) is 0 Å². The fraction of sp³-hybridized carbons (Fsp3) is 0. The molecule has 2 nitrogen and oxygen atoms in total. The van der Waals surface area contributed by atoms with Crippen LogP contribution < -0.4 is 0 Å². The first-order chi connectivity index (χ1) is 19.8. The lowest BCUT2D eigenvalue weighted by Gasteiger charge is -2.10. The summed E-state index contributed by atoms with van der Waals surface area (Å²) in [5.74, 6) is 1.71. The first kappa shape index (κ1) is 22.6. The van der Waals surface area contributed by atoms with Crippen molar-refractivity contribution in [1.29, 1.82) is 0 Å². The van der Waals surface area contributed by atoms with E-state index in [0.717, 1.165) is 77.6 Å². The summed E-state index contributed by atoms with van der Waals surface area (Å²) in [6.45, 7) is 0. The summed E-state index contributed by atoms with van der Waals surface area (Å²) in [6, 6.07) is 50.6. The molecule has 0 spiro atoms. The topological polar surface area (TPSA) is 26.3 Å². The van der Waals surface area contributed by atoms with Crippen LogP contribution in [-0.4, -0.2) is 0 Å². The van der Waals surface area contributed by atoms with Gasteiger partial charge in [0.25, 0.3) is 0 Å². The molecule has 0 aliphatic carbocycles. The number of furan rings is 2. The van der Waals surface area contributed by atoms with E-state index in [2.05, 4.69) is 127 Å². The molecule has 0 radical (unpaired) electrons. The van der Waals surface area contributed by atoms with Gasteiger partial charge in [-0.25, -0.2) is 0 Å². The van der Waals surface area contributed by atoms with E-state index in [1.54, 1.807) is 0 Å². The van der Waals surface area contributed by atoms with Crippen LogP contribution in [0.4, 0.5) is 0 Å². The summed E-state index contributed by atoms with van der Waals surface area (Å²) in [5, 5.41) is 4.38. The molecule has 188 valence electrons. The number of para-hydroxylation sites is 1. The van der Waals surface area contributed by atoms with Gasteiger partial charge in [0, 0.05) is 32.7 Å². The SMILES string of the molecule is c1ccc(-c2ccccc2-c2oc(-c3cc4oc5ccccc5c4cc3-c3ccccc3)c3ccccc23)cc1. The average Bonchev–Trinajstić information content (AvgIpc) is 3.59. The van der Waals surface area contributed by atoms with Crippen LogP contribution >= 0.6 is 0 Å². The Balaban J connectivity index is 1.44. The molecule has 2 heteroatoms. The van der Waals surface area contributed by atoms with Crippen molar-refractivity contribution in [3.63, 3.8) is 0 Å². The zero-order valence-electron chi connectivity index (χ0n) is 21.7. The zero-order chi connectivity index (χ0) is 26.5. The Morgan fingerprint density at radius 3 is 1.52 bits per heavy atom. The molecule has 0 aliphatic rings. The van der Waals surface area contributed by atoms with E-state index in [-0.39, 0.29) is 0 Å². The van der Waals surface area contributed by atoms with Gasteiger partial charge in [0.1, 0.15) is 22.7 Å². The highest BCUT2D eigenvalue weighted by atomic mass is 16.3. The van der Waals surface area contributed by atoms with Crippen LogP contribution in [0.25, 0.3) is 77.6 Å².